The molecule has 0 radical (unpaired) electrons. The number of carbonyl (C=O) groups excluding carboxylic acids is 2. The second-order valence-corrected chi connectivity index (χ2v) is 10.1. The van der Waals surface area contributed by atoms with Crippen LogP contribution in [0.5, 0.6) is 5.75 Å². The smallest absolute Gasteiger partial charge is 0.261 e. The van der Waals surface area contributed by atoms with Gasteiger partial charge in [0, 0.05) is 17.1 Å². The van der Waals surface area contributed by atoms with E-state index in [2.05, 4.69) is 35.1 Å². The molecule has 0 heterocycles. The van der Waals surface area contributed by atoms with Gasteiger partial charge in [-0.15, -0.1) is 0 Å². The summed E-state index contributed by atoms with van der Waals surface area (Å²) in [6.45, 7) is 6.23. The first kappa shape index (κ1) is 25.3. The molecule has 1 unspecified atom stereocenters. The lowest BCUT2D eigenvalue weighted by molar-refractivity contribution is -0.142. The van der Waals surface area contributed by atoms with Gasteiger partial charge < -0.3 is 15.0 Å². The van der Waals surface area contributed by atoms with E-state index in [9.17, 15) is 9.59 Å². The topological polar surface area (TPSA) is 58.6 Å². The molecule has 1 fully saturated rings. The summed E-state index contributed by atoms with van der Waals surface area (Å²) in [5.41, 5.74) is 2.02. The maximum absolute atomic E-state index is 13.3. The Balaban J connectivity index is 1.74. The SMILES string of the molecule is CC(C)c1ccccc1OCC(=O)N(Cc1cccc(Br)c1)C(C)C(=O)NC1CCCCC1. The van der Waals surface area contributed by atoms with Gasteiger partial charge >= 0.3 is 0 Å². The average Bonchev–Trinajstić information content (AvgIpc) is 2.81. The third-order valence-electron chi connectivity index (χ3n) is 6.25. The molecule has 1 aliphatic rings. The number of amides is 2. The molecular weight excluding hydrogens is 480 g/mol. The number of ether oxygens (including phenoxy) is 1. The first-order valence-electron chi connectivity index (χ1n) is 11.9. The number of halogens is 1. The molecular formula is C27H35BrN2O3. The lowest BCUT2D eigenvalue weighted by atomic mass is 9.95. The summed E-state index contributed by atoms with van der Waals surface area (Å²) in [5, 5.41) is 3.17. The second kappa shape index (κ2) is 12.2. The molecule has 33 heavy (non-hydrogen) atoms. The minimum Gasteiger partial charge on any atom is -0.483 e. The number of benzene rings is 2. The zero-order valence-corrected chi connectivity index (χ0v) is 21.4. The molecule has 5 nitrogen and oxygen atoms in total. The Morgan fingerprint density at radius 3 is 2.48 bits per heavy atom. The number of nitrogens with zero attached hydrogens (tertiary/aromatic N) is 1. The van der Waals surface area contributed by atoms with Gasteiger partial charge in [0.1, 0.15) is 11.8 Å². The van der Waals surface area contributed by atoms with Crippen LogP contribution in [-0.2, 0) is 16.1 Å². The van der Waals surface area contributed by atoms with Gasteiger partial charge in [0.15, 0.2) is 6.61 Å². The number of rotatable bonds is 9. The summed E-state index contributed by atoms with van der Waals surface area (Å²) < 4.78 is 6.89. The van der Waals surface area contributed by atoms with Crippen LogP contribution in [0.3, 0.4) is 0 Å². The molecule has 3 rings (SSSR count). The number of hydrogen-bond acceptors (Lipinski definition) is 3. The minimum absolute atomic E-state index is 0.104. The fourth-order valence-electron chi connectivity index (χ4n) is 4.29. The number of carbonyl (C=O) groups is 2. The van der Waals surface area contributed by atoms with Crippen LogP contribution < -0.4 is 10.1 Å². The molecule has 0 saturated heterocycles. The monoisotopic (exact) mass is 514 g/mol. The molecule has 0 aromatic heterocycles. The number of nitrogens with one attached hydrogen (secondary N) is 1. The molecule has 2 aromatic rings. The minimum atomic E-state index is -0.595. The molecule has 1 atom stereocenters. The number of para-hydroxylation sites is 1. The first-order chi connectivity index (χ1) is 15.8. The molecule has 2 amide bonds. The highest BCUT2D eigenvalue weighted by Crippen LogP contribution is 2.26. The molecule has 1 N–H and O–H groups in total. The predicted molar refractivity (Wildman–Crippen MR) is 135 cm³/mol. The molecule has 2 aromatic carbocycles. The Morgan fingerprint density at radius 1 is 1.06 bits per heavy atom. The van der Waals surface area contributed by atoms with Crippen molar-refractivity contribution in [3.05, 3.63) is 64.1 Å². The van der Waals surface area contributed by atoms with Crippen LogP contribution in [0.2, 0.25) is 0 Å². The van der Waals surface area contributed by atoms with Crippen LogP contribution in [0.4, 0.5) is 0 Å². The Labute approximate surface area is 206 Å². The van der Waals surface area contributed by atoms with Crippen LogP contribution in [0.25, 0.3) is 0 Å². The van der Waals surface area contributed by atoms with E-state index in [0.29, 0.717) is 12.3 Å². The van der Waals surface area contributed by atoms with Gasteiger partial charge in [-0.2, -0.15) is 0 Å². The van der Waals surface area contributed by atoms with Crippen molar-refractivity contribution in [1.82, 2.24) is 10.2 Å². The van der Waals surface area contributed by atoms with E-state index in [0.717, 1.165) is 41.3 Å². The van der Waals surface area contributed by atoms with E-state index in [1.807, 2.05) is 48.5 Å². The van der Waals surface area contributed by atoms with Crippen molar-refractivity contribution >= 4 is 27.7 Å². The molecule has 178 valence electrons. The quantitative estimate of drug-likeness (QED) is 0.458. The zero-order chi connectivity index (χ0) is 23.8. The van der Waals surface area contributed by atoms with Gasteiger partial charge in [-0.1, -0.05) is 79.4 Å². The summed E-state index contributed by atoms with van der Waals surface area (Å²) in [6, 6.07) is 15.2. The van der Waals surface area contributed by atoms with Crippen LogP contribution in [0.15, 0.2) is 53.0 Å². The predicted octanol–water partition coefficient (Wildman–Crippen LogP) is 5.82. The van der Waals surface area contributed by atoms with E-state index < -0.39 is 6.04 Å². The molecule has 1 aliphatic carbocycles. The first-order valence-corrected chi connectivity index (χ1v) is 12.7. The van der Waals surface area contributed by atoms with Crippen molar-refractivity contribution in [2.75, 3.05) is 6.61 Å². The molecule has 0 aliphatic heterocycles. The van der Waals surface area contributed by atoms with Crippen molar-refractivity contribution in [2.24, 2.45) is 0 Å². The lowest BCUT2D eigenvalue weighted by Crippen LogP contribution is -2.51. The van der Waals surface area contributed by atoms with Crippen LogP contribution in [-0.4, -0.2) is 35.4 Å². The van der Waals surface area contributed by atoms with Crippen molar-refractivity contribution in [3.63, 3.8) is 0 Å². The summed E-state index contributed by atoms with van der Waals surface area (Å²) in [7, 11) is 0. The molecule has 0 bridgehead atoms. The molecule has 0 spiro atoms. The summed E-state index contributed by atoms with van der Waals surface area (Å²) >= 11 is 3.50. The van der Waals surface area contributed by atoms with E-state index in [1.54, 1.807) is 11.8 Å². The van der Waals surface area contributed by atoms with Gasteiger partial charge in [0.05, 0.1) is 0 Å². The third-order valence-corrected chi connectivity index (χ3v) is 6.75. The number of hydrogen-bond donors (Lipinski definition) is 1. The van der Waals surface area contributed by atoms with Gasteiger partial charge in [-0.25, -0.2) is 0 Å². The van der Waals surface area contributed by atoms with Crippen molar-refractivity contribution in [2.45, 2.75) is 77.4 Å². The largest absolute Gasteiger partial charge is 0.483 e. The summed E-state index contributed by atoms with van der Waals surface area (Å²) in [6.07, 6.45) is 5.52. The maximum atomic E-state index is 13.3. The molecule has 1 saturated carbocycles. The van der Waals surface area contributed by atoms with Gasteiger partial charge in [-0.3, -0.25) is 9.59 Å². The van der Waals surface area contributed by atoms with Crippen LogP contribution >= 0.6 is 15.9 Å². The Morgan fingerprint density at radius 2 is 1.79 bits per heavy atom. The van der Waals surface area contributed by atoms with Crippen molar-refractivity contribution in [1.29, 1.82) is 0 Å². The van der Waals surface area contributed by atoms with Gasteiger partial charge in [-0.05, 0) is 55.0 Å². The fourth-order valence-corrected chi connectivity index (χ4v) is 4.74. The van der Waals surface area contributed by atoms with E-state index in [-0.39, 0.29) is 30.4 Å². The third kappa shape index (κ3) is 7.32. The average molecular weight is 515 g/mol. The van der Waals surface area contributed by atoms with Gasteiger partial charge in [0.25, 0.3) is 5.91 Å². The van der Waals surface area contributed by atoms with Gasteiger partial charge in [0.2, 0.25) is 5.91 Å². The Hall–Kier alpha value is -2.34. The van der Waals surface area contributed by atoms with E-state index in [1.165, 1.54) is 6.42 Å². The normalized spacial score (nSPS) is 15.2. The van der Waals surface area contributed by atoms with Crippen LogP contribution in [0, 0.1) is 0 Å². The molecule has 6 heteroatoms. The highest BCUT2D eigenvalue weighted by atomic mass is 79.9. The highest BCUT2D eigenvalue weighted by molar-refractivity contribution is 9.10. The van der Waals surface area contributed by atoms with E-state index in [4.69, 9.17) is 4.74 Å². The van der Waals surface area contributed by atoms with Crippen molar-refractivity contribution in [3.8, 4) is 5.75 Å². The summed E-state index contributed by atoms with van der Waals surface area (Å²) in [4.78, 5) is 28.0. The summed E-state index contributed by atoms with van der Waals surface area (Å²) in [5.74, 6) is 0.685. The van der Waals surface area contributed by atoms with E-state index >= 15 is 0 Å². The van der Waals surface area contributed by atoms with Crippen molar-refractivity contribution < 1.29 is 14.3 Å². The second-order valence-electron chi connectivity index (χ2n) is 9.15. The maximum Gasteiger partial charge on any atom is 0.261 e. The Kier molecular flexibility index (Phi) is 9.36. The Bertz CT molecular complexity index is 940. The van der Waals surface area contributed by atoms with Crippen LogP contribution in [0.1, 0.15) is 69.9 Å². The highest BCUT2D eigenvalue weighted by Gasteiger charge is 2.28. The zero-order valence-electron chi connectivity index (χ0n) is 19.9. The lowest BCUT2D eigenvalue weighted by Gasteiger charge is -2.31. The fraction of sp³-hybridized carbons (Fsp3) is 0.481. The standard InChI is InChI=1S/C27H35BrN2O3/c1-19(2)24-14-7-8-15-25(24)33-18-26(31)30(17-21-10-9-11-22(28)16-21)20(3)27(32)29-23-12-5-4-6-13-23/h7-11,14-16,19-20,23H,4-6,12-13,17-18H2,1-3H3,(H,29,32).